The lowest BCUT2D eigenvalue weighted by atomic mass is 10.2. The number of quaternary nitrogens is 1. The first-order chi connectivity index (χ1) is 10.5. The molecule has 2 aromatic carbocycles. The van der Waals surface area contributed by atoms with Gasteiger partial charge in [0.2, 0.25) is 0 Å². The molecule has 0 saturated heterocycles. The van der Waals surface area contributed by atoms with Crippen LogP contribution in [0.2, 0.25) is 0 Å². The van der Waals surface area contributed by atoms with E-state index in [0.29, 0.717) is 6.42 Å². The van der Waals surface area contributed by atoms with Gasteiger partial charge in [-0.25, -0.2) is 0 Å². The number of carbonyl (C=O) groups is 1. The fourth-order valence-corrected chi connectivity index (χ4v) is 2.17. The molecule has 0 radical (unpaired) electrons. The molecular weight excluding hydrogens is 274 g/mol. The fraction of sp³-hybridized carbons (Fsp3) is 0.316. The first-order valence-electron chi connectivity index (χ1n) is 7.58. The zero-order valence-corrected chi connectivity index (χ0v) is 13.7. The monoisotopic (exact) mass is 299 g/mol. The Morgan fingerprint density at radius 2 is 1.45 bits per heavy atom. The van der Waals surface area contributed by atoms with Crippen molar-refractivity contribution in [2.75, 3.05) is 14.1 Å². The number of carboxylic acids is 1. The zero-order chi connectivity index (χ0) is 16.4. The molecule has 0 spiro atoms. The summed E-state index contributed by atoms with van der Waals surface area (Å²) in [5.74, 6) is -0.961. The highest BCUT2D eigenvalue weighted by molar-refractivity contribution is 5.63. The van der Waals surface area contributed by atoms with Gasteiger partial charge in [0.1, 0.15) is 12.2 Å². The minimum Gasteiger partial charge on any atom is -0.550 e. The van der Waals surface area contributed by atoms with Gasteiger partial charge in [-0.3, -0.25) is 4.48 Å². The third-order valence-corrected chi connectivity index (χ3v) is 3.33. The Morgan fingerprint density at radius 1 is 0.955 bits per heavy atom. The Kier molecular flexibility index (Phi) is 7.33. The quantitative estimate of drug-likeness (QED) is 0.796. The first kappa shape index (κ1) is 17.9. The van der Waals surface area contributed by atoms with Gasteiger partial charge in [-0.05, 0) is 18.6 Å². The molecule has 0 fully saturated rings. The molecule has 3 heteroatoms. The van der Waals surface area contributed by atoms with Crippen molar-refractivity contribution < 1.29 is 9.90 Å². The second-order valence-electron chi connectivity index (χ2n) is 5.79. The lowest BCUT2D eigenvalue weighted by Gasteiger charge is -2.29. The van der Waals surface area contributed by atoms with E-state index >= 15 is 0 Å². The topological polar surface area (TPSA) is 40.1 Å². The van der Waals surface area contributed by atoms with E-state index in [1.54, 1.807) is 6.92 Å². The molecular formula is C19H25NO2. The molecule has 0 atom stereocenters. The Hall–Kier alpha value is -2.13. The van der Waals surface area contributed by atoms with Crippen LogP contribution in [0.5, 0.6) is 0 Å². The van der Waals surface area contributed by atoms with Gasteiger partial charge in [0, 0.05) is 11.5 Å². The maximum atomic E-state index is 9.49. The lowest BCUT2D eigenvalue weighted by molar-refractivity contribution is -0.305. The van der Waals surface area contributed by atoms with Gasteiger partial charge in [0.15, 0.2) is 0 Å². The van der Waals surface area contributed by atoms with Crippen LogP contribution in [-0.2, 0) is 11.3 Å². The van der Waals surface area contributed by atoms with E-state index in [-0.39, 0.29) is 6.42 Å². The summed E-state index contributed by atoms with van der Waals surface area (Å²) >= 11 is 0. The summed E-state index contributed by atoms with van der Waals surface area (Å²) in [7, 11) is 4.48. The zero-order valence-electron chi connectivity index (χ0n) is 13.7. The van der Waals surface area contributed by atoms with Crippen molar-refractivity contribution in [3.05, 3.63) is 66.2 Å². The van der Waals surface area contributed by atoms with E-state index in [4.69, 9.17) is 0 Å². The number of para-hydroxylation sites is 1. The molecule has 0 bridgehead atoms. The highest BCUT2D eigenvalue weighted by Crippen LogP contribution is 2.21. The highest BCUT2D eigenvalue weighted by atomic mass is 16.4. The van der Waals surface area contributed by atoms with E-state index < -0.39 is 5.97 Å². The average molecular weight is 299 g/mol. The summed E-state index contributed by atoms with van der Waals surface area (Å²) in [6.45, 7) is 2.82. The van der Waals surface area contributed by atoms with Gasteiger partial charge >= 0.3 is 0 Å². The second kappa shape index (κ2) is 9.00. The minimum absolute atomic E-state index is 0.181. The summed E-state index contributed by atoms with van der Waals surface area (Å²) in [5, 5.41) is 9.49. The van der Waals surface area contributed by atoms with E-state index in [2.05, 4.69) is 74.8 Å². The number of rotatable bonds is 5. The molecule has 0 aromatic heterocycles. The van der Waals surface area contributed by atoms with Gasteiger partial charge in [0.25, 0.3) is 0 Å². The largest absolute Gasteiger partial charge is 0.550 e. The Labute approximate surface area is 133 Å². The maximum Gasteiger partial charge on any atom is 0.132 e. The molecule has 118 valence electrons. The summed E-state index contributed by atoms with van der Waals surface area (Å²) in [6, 6.07) is 21.2. The Morgan fingerprint density at radius 3 is 1.86 bits per heavy atom. The van der Waals surface area contributed by atoms with Crippen molar-refractivity contribution in [1.82, 2.24) is 4.48 Å². The second-order valence-corrected chi connectivity index (χ2v) is 5.79. The molecule has 22 heavy (non-hydrogen) atoms. The predicted octanol–water partition coefficient (Wildman–Crippen LogP) is 2.99. The number of aliphatic carboxylic acids is 1. The summed E-state index contributed by atoms with van der Waals surface area (Å²) in [4.78, 5) is 9.49. The van der Waals surface area contributed by atoms with Gasteiger partial charge in [-0.1, -0.05) is 61.9 Å². The van der Waals surface area contributed by atoms with Crippen LogP contribution in [0.15, 0.2) is 60.7 Å². The van der Waals surface area contributed by atoms with Crippen LogP contribution in [0, 0.1) is 0 Å². The standard InChI is InChI=1S/C15H18N.C4H8O2/c1-16(2,15-11-7-4-8-12-15)13-14-9-5-3-6-10-14;1-2-3-4(5)6/h3-12H,13H2,1-2H3;2-3H2,1H3,(H,5,6)/q+1;/p-1. The third-order valence-electron chi connectivity index (χ3n) is 3.33. The Balaban J connectivity index is 0.000000346. The van der Waals surface area contributed by atoms with Crippen LogP contribution in [0.25, 0.3) is 0 Å². The molecule has 0 aliphatic rings. The molecule has 2 rings (SSSR count). The molecule has 3 nitrogen and oxygen atoms in total. The van der Waals surface area contributed by atoms with Gasteiger partial charge in [-0.15, -0.1) is 0 Å². The van der Waals surface area contributed by atoms with Crippen molar-refractivity contribution in [1.29, 1.82) is 0 Å². The van der Waals surface area contributed by atoms with Gasteiger partial charge in [-0.2, -0.15) is 0 Å². The molecule has 2 aromatic rings. The average Bonchev–Trinajstić information content (AvgIpc) is 2.49. The number of benzene rings is 2. The van der Waals surface area contributed by atoms with E-state index in [1.807, 2.05) is 0 Å². The number of carbonyl (C=O) groups excluding carboxylic acids is 1. The van der Waals surface area contributed by atoms with E-state index in [1.165, 1.54) is 11.3 Å². The van der Waals surface area contributed by atoms with E-state index in [9.17, 15) is 9.90 Å². The minimum atomic E-state index is -0.961. The highest BCUT2D eigenvalue weighted by Gasteiger charge is 2.18. The third kappa shape index (κ3) is 6.55. The van der Waals surface area contributed by atoms with Crippen LogP contribution < -0.4 is 9.59 Å². The van der Waals surface area contributed by atoms with Crippen molar-refractivity contribution in [2.24, 2.45) is 0 Å². The van der Waals surface area contributed by atoms with Gasteiger partial charge < -0.3 is 9.90 Å². The molecule has 0 N–H and O–H groups in total. The van der Waals surface area contributed by atoms with Crippen molar-refractivity contribution in [3.8, 4) is 0 Å². The van der Waals surface area contributed by atoms with Gasteiger partial charge in [0.05, 0.1) is 14.1 Å². The SMILES string of the molecule is CCCC(=O)[O-].C[N+](C)(Cc1ccccc1)c1ccccc1. The molecule has 0 saturated carbocycles. The molecule has 0 aliphatic carbocycles. The summed E-state index contributed by atoms with van der Waals surface area (Å²) in [6.07, 6.45) is 0.850. The molecule has 0 unspecified atom stereocenters. The van der Waals surface area contributed by atoms with Crippen molar-refractivity contribution >= 4 is 11.7 Å². The van der Waals surface area contributed by atoms with Crippen molar-refractivity contribution in [3.63, 3.8) is 0 Å². The number of hydrogen-bond donors (Lipinski definition) is 0. The number of carboxylic acid groups (broad SMARTS) is 1. The predicted molar refractivity (Wildman–Crippen MR) is 90.1 cm³/mol. The van der Waals surface area contributed by atoms with Crippen LogP contribution in [0.3, 0.4) is 0 Å². The van der Waals surface area contributed by atoms with Crippen LogP contribution in [0.4, 0.5) is 5.69 Å². The molecule has 0 amide bonds. The molecule has 0 aliphatic heterocycles. The summed E-state index contributed by atoms with van der Waals surface area (Å²) < 4.78 is 0.880. The number of hydrogen-bond acceptors (Lipinski definition) is 2. The maximum absolute atomic E-state index is 9.49. The fourth-order valence-electron chi connectivity index (χ4n) is 2.17. The smallest absolute Gasteiger partial charge is 0.132 e. The first-order valence-corrected chi connectivity index (χ1v) is 7.58. The summed E-state index contributed by atoms with van der Waals surface area (Å²) in [5.41, 5.74) is 2.71. The number of nitrogens with zero attached hydrogens (tertiary/aromatic N) is 1. The van der Waals surface area contributed by atoms with Crippen LogP contribution in [-0.4, -0.2) is 20.1 Å². The Bertz CT molecular complexity index is 550. The van der Waals surface area contributed by atoms with Crippen LogP contribution in [0.1, 0.15) is 25.3 Å². The van der Waals surface area contributed by atoms with Crippen LogP contribution >= 0.6 is 0 Å². The molecule has 0 heterocycles. The normalized spacial score (nSPS) is 10.5. The van der Waals surface area contributed by atoms with E-state index in [0.717, 1.165) is 11.0 Å². The van der Waals surface area contributed by atoms with Crippen molar-refractivity contribution in [2.45, 2.75) is 26.3 Å². The lowest BCUT2D eigenvalue weighted by Crippen LogP contribution is -2.39.